The summed E-state index contributed by atoms with van der Waals surface area (Å²) < 4.78 is 58.0. The minimum Gasteiger partial charge on any atom is -0.508 e. The number of thioether (sulfide) groups is 1. The van der Waals surface area contributed by atoms with E-state index in [0.29, 0.717) is 27.5 Å². The molecule has 1 aromatic heterocycles. The zero-order valence-electron chi connectivity index (χ0n) is 20.3. The Bertz CT molecular complexity index is 1570. The maximum atomic E-state index is 14.9. The number of phenols is 1. The minimum atomic E-state index is -4.75. The Hall–Kier alpha value is -3.56. The summed E-state index contributed by atoms with van der Waals surface area (Å²) in [6.45, 7) is 1.65. The van der Waals surface area contributed by atoms with Crippen molar-refractivity contribution in [3.05, 3.63) is 117 Å². The zero-order valence-corrected chi connectivity index (χ0v) is 21.1. The largest absolute Gasteiger partial charge is 0.508 e. The molecule has 0 fully saturated rings. The van der Waals surface area contributed by atoms with Crippen LogP contribution in [0, 0.1) is 12.7 Å². The molecule has 9 heteroatoms. The van der Waals surface area contributed by atoms with Crippen molar-refractivity contribution in [1.82, 2.24) is 4.57 Å². The zero-order chi connectivity index (χ0) is 27.2. The number of fused-ring (bicyclic) bond motifs is 1. The average Bonchev–Trinajstić information content (AvgIpc) is 3.32. The molecule has 0 radical (unpaired) electrons. The quantitative estimate of drug-likeness (QED) is 0.279. The van der Waals surface area contributed by atoms with Gasteiger partial charge in [-0.3, -0.25) is 9.36 Å². The number of rotatable bonds is 5. The van der Waals surface area contributed by atoms with E-state index in [0.717, 1.165) is 23.8 Å². The first-order valence-electron chi connectivity index (χ1n) is 11.9. The molecule has 196 valence electrons. The summed E-state index contributed by atoms with van der Waals surface area (Å²) in [5, 5.41) is 10.6. The molecular weight excluding hydrogens is 516 g/mol. The number of aromatic nitrogens is 1. The highest BCUT2D eigenvalue weighted by atomic mass is 32.2. The summed E-state index contributed by atoms with van der Waals surface area (Å²) in [6, 6.07) is 17.3. The number of nitrogens with two attached hydrogens (primary N) is 1. The Labute approximate surface area is 220 Å². The van der Waals surface area contributed by atoms with E-state index in [2.05, 4.69) is 0 Å². The Morgan fingerprint density at radius 3 is 2.45 bits per heavy atom. The Morgan fingerprint density at radius 1 is 1.05 bits per heavy atom. The molecule has 2 heterocycles. The lowest BCUT2D eigenvalue weighted by Crippen LogP contribution is -2.33. The number of pyridine rings is 1. The third kappa shape index (κ3) is 4.61. The smallest absolute Gasteiger partial charge is 0.416 e. The second-order valence-corrected chi connectivity index (χ2v) is 10.3. The number of nitrogens with zero attached hydrogens (tertiary/aromatic N) is 1. The summed E-state index contributed by atoms with van der Waals surface area (Å²) in [4.78, 5) is 14.0. The van der Waals surface area contributed by atoms with Crippen LogP contribution >= 0.6 is 11.8 Å². The summed E-state index contributed by atoms with van der Waals surface area (Å²) in [5.41, 5.74) is 7.04. The van der Waals surface area contributed by atoms with Gasteiger partial charge in [0.25, 0.3) is 5.56 Å². The van der Waals surface area contributed by atoms with Gasteiger partial charge in [0.2, 0.25) is 0 Å². The first-order valence-corrected chi connectivity index (χ1v) is 12.9. The van der Waals surface area contributed by atoms with Gasteiger partial charge in [-0.15, -0.1) is 11.8 Å². The molecule has 4 nitrogen and oxygen atoms in total. The van der Waals surface area contributed by atoms with Crippen LogP contribution in [-0.2, 0) is 12.6 Å². The second kappa shape index (κ2) is 9.96. The summed E-state index contributed by atoms with van der Waals surface area (Å²) in [6.07, 6.45) is -5.12. The van der Waals surface area contributed by atoms with Crippen molar-refractivity contribution in [3.63, 3.8) is 0 Å². The first-order chi connectivity index (χ1) is 18.1. The van der Waals surface area contributed by atoms with Gasteiger partial charge in [-0.2, -0.15) is 13.2 Å². The fraction of sp³-hybridized carbons (Fsp3) is 0.207. The van der Waals surface area contributed by atoms with Crippen molar-refractivity contribution in [3.8, 4) is 16.9 Å². The topological polar surface area (TPSA) is 68.2 Å². The van der Waals surface area contributed by atoms with E-state index >= 15 is 0 Å². The number of alkyl halides is 3. The SMILES string of the molecule is Cc1c(Cc2c(F)cccc2C(F)(F)F)c2n(c(=O)c1-c1cccc(O)c1)[C@H](C(N)c1ccccc1)CS2. The van der Waals surface area contributed by atoms with Crippen LogP contribution in [0.4, 0.5) is 17.6 Å². The van der Waals surface area contributed by atoms with Gasteiger partial charge in [-0.1, -0.05) is 48.5 Å². The van der Waals surface area contributed by atoms with Crippen LogP contribution in [0.1, 0.15) is 39.9 Å². The Kier molecular flexibility index (Phi) is 6.83. The molecule has 0 amide bonds. The van der Waals surface area contributed by atoms with Crippen LogP contribution < -0.4 is 11.3 Å². The highest BCUT2D eigenvalue weighted by molar-refractivity contribution is 7.99. The van der Waals surface area contributed by atoms with Gasteiger partial charge in [-0.05, 0) is 53.4 Å². The monoisotopic (exact) mass is 540 g/mol. The number of phenolic OH excluding ortho intramolecular Hbond substituents is 1. The maximum Gasteiger partial charge on any atom is 0.416 e. The van der Waals surface area contributed by atoms with E-state index < -0.39 is 35.2 Å². The molecule has 1 aliphatic rings. The van der Waals surface area contributed by atoms with E-state index in [1.165, 1.54) is 28.5 Å². The molecule has 0 spiro atoms. The predicted octanol–water partition coefficient (Wildman–Crippen LogP) is 6.62. The van der Waals surface area contributed by atoms with Crippen molar-refractivity contribution in [2.24, 2.45) is 5.73 Å². The summed E-state index contributed by atoms with van der Waals surface area (Å²) in [7, 11) is 0. The van der Waals surface area contributed by atoms with Gasteiger partial charge in [0.1, 0.15) is 11.6 Å². The third-order valence-electron chi connectivity index (χ3n) is 6.97. The van der Waals surface area contributed by atoms with Gasteiger partial charge in [0.05, 0.1) is 28.2 Å². The average molecular weight is 541 g/mol. The molecule has 4 aromatic rings. The highest BCUT2D eigenvalue weighted by Gasteiger charge is 2.37. The van der Waals surface area contributed by atoms with Gasteiger partial charge >= 0.3 is 6.18 Å². The van der Waals surface area contributed by atoms with Gasteiger partial charge in [0, 0.05) is 17.7 Å². The molecule has 3 N–H and O–H groups in total. The van der Waals surface area contributed by atoms with Crippen LogP contribution in [0.5, 0.6) is 5.75 Å². The Balaban J connectivity index is 1.76. The molecule has 1 aliphatic heterocycles. The number of aromatic hydroxyl groups is 1. The second-order valence-electron chi connectivity index (χ2n) is 9.26. The van der Waals surface area contributed by atoms with Crippen molar-refractivity contribution < 1.29 is 22.7 Å². The van der Waals surface area contributed by atoms with Crippen molar-refractivity contribution in [1.29, 1.82) is 0 Å². The normalized spacial score (nSPS) is 15.9. The number of hydrogen-bond donors (Lipinski definition) is 2. The molecule has 38 heavy (non-hydrogen) atoms. The lowest BCUT2D eigenvalue weighted by Gasteiger charge is -2.25. The van der Waals surface area contributed by atoms with Crippen LogP contribution in [0.2, 0.25) is 0 Å². The minimum absolute atomic E-state index is 0.0614. The van der Waals surface area contributed by atoms with Gasteiger partial charge < -0.3 is 10.8 Å². The van der Waals surface area contributed by atoms with Crippen LogP contribution in [0.15, 0.2) is 82.6 Å². The molecule has 3 aromatic carbocycles. The summed E-state index contributed by atoms with van der Waals surface area (Å²) in [5.74, 6) is -0.609. The third-order valence-corrected chi connectivity index (χ3v) is 8.20. The Morgan fingerprint density at radius 2 is 1.76 bits per heavy atom. The van der Waals surface area contributed by atoms with Gasteiger partial charge in [0.15, 0.2) is 0 Å². The van der Waals surface area contributed by atoms with E-state index in [1.807, 2.05) is 30.3 Å². The lowest BCUT2D eigenvalue weighted by molar-refractivity contribution is -0.138. The predicted molar refractivity (Wildman–Crippen MR) is 140 cm³/mol. The molecule has 0 saturated heterocycles. The molecule has 2 atom stereocenters. The molecule has 0 aliphatic carbocycles. The van der Waals surface area contributed by atoms with Crippen LogP contribution in [0.3, 0.4) is 0 Å². The first kappa shape index (κ1) is 26.1. The summed E-state index contributed by atoms with van der Waals surface area (Å²) >= 11 is 1.33. The molecule has 0 saturated carbocycles. The van der Waals surface area contributed by atoms with Crippen molar-refractivity contribution in [2.45, 2.75) is 36.6 Å². The standard InChI is InChI=1S/C29H24F4N2O2S/c1-16-20(14-21-22(29(31,32)33)11-6-12-23(21)30)28-35(27(37)25(16)18-9-5-10-19(36)13-18)24(15-38-28)26(34)17-7-3-2-4-8-17/h2-13,24,26,36H,14-15,34H2,1H3/t24-,26?/m0/s1. The molecule has 5 rings (SSSR count). The fourth-order valence-corrected chi connectivity index (χ4v) is 6.52. The number of halogens is 4. The van der Waals surface area contributed by atoms with E-state index in [9.17, 15) is 27.5 Å². The number of benzene rings is 3. The molecular formula is C29H24F4N2O2S. The number of hydrogen-bond acceptors (Lipinski definition) is 4. The van der Waals surface area contributed by atoms with E-state index in [4.69, 9.17) is 5.73 Å². The molecule has 0 bridgehead atoms. The maximum absolute atomic E-state index is 14.9. The lowest BCUT2D eigenvalue weighted by atomic mass is 9.92. The highest BCUT2D eigenvalue weighted by Crippen LogP contribution is 2.44. The van der Waals surface area contributed by atoms with Crippen molar-refractivity contribution in [2.75, 3.05) is 5.75 Å². The van der Waals surface area contributed by atoms with Crippen molar-refractivity contribution >= 4 is 11.8 Å². The van der Waals surface area contributed by atoms with Crippen LogP contribution in [-0.4, -0.2) is 15.4 Å². The molecule has 1 unspecified atom stereocenters. The van der Waals surface area contributed by atoms with E-state index in [-0.39, 0.29) is 23.3 Å². The fourth-order valence-electron chi connectivity index (χ4n) is 5.08. The van der Waals surface area contributed by atoms with Gasteiger partial charge in [-0.25, -0.2) is 4.39 Å². The van der Waals surface area contributed by atoms with Crippen LogP contribution in [0.25, 0.3) is 11.1 Å². The van der Waals surface area contributed by atoms with E-state index in [1.54, 1.807) is 19.1 Å².